The van der Waals surface area contributed by atoms with Gasteiger partial charge in [-0.3, -0.25) is 14.4 Å². The molecule has 6 nitrogen and oxygen atoms in total. The molecule has 0 radical (unpaired) electrons. The topological polar surface area (TPSA) is 81.5 Å². The number of anilines is 1. The Kier molecular flexibility index (Phi) is 6.86. The van der Waals surface area contributed by atoms with E-state index in [-0.39, 0.29) is 18.2 Å². The van der Waals surface area contributed by atoms with E-state index in [0.29, 0.717) is 42.1 Å². The van der Waals surface area contributed by atoms with Gasteiger partial charge in [0.25, 0.3) is 5.91 Å². The summed E-state index contributed by atoms with van der Waals surface area (Å²) in [6.07, 6.45) is 1.44. The third kappa shape index (κ3) is 4.69. The van der Waals surface area contributed by atoms with Crippen LogP contribution in [0.4, 0.5) is 5.69 Å². The summed E-state index contributed by atoms with van der Waals surface area (Å²) in [5, 5.41) is 9.55. The highest BCUT2D eigenvalue weighted by molar-refractivity contribution is 6.30. The second-order valence-corrected chi connectivity index (χ2v) is 7.60. The fourth-order valence-electron chi connectivity index (χ4n) is 3.57. The maximum absolute atomic E-state index is 13.1. The van der Waals surface area contributed by atoms with Gasteiger partial charge in [0.1, 0.15) is 6.04 Å². The highest BCUT2D eigenvalue weighted by Gasteiger charge is 2.44. The van der Waals surface area contributed by atoms with Crippen LogP contribution < -0.4 is 4.90 Å². The Hall–Kier alpha value is -3.17. The molecule has 1 aliphatic heterocycles. The standard InChI is InChI=1S/C23H22ClN3O3/c1-2-4-21(28)26(12-11-16-5-3-6-18(24)13-16)20-14-22(29)27(23(20)30)19-9-7-17(15-25)8-10-19/h3,5-10,13,20H,2,4,11-12,14H2,1H3. The first-order chi connectivity index (χ1) is 14.4. The van der Waals surface area contributed by atoms with Crippen molar-refractivity contribution in [1.29, 1.82) is 5.26 Å². The van der Waals surface area contributed by atoms with Crippen LogP contribution in [0.2, 0.25) is 5.02 Å². The molecule has 1 unspecified atom stereocenters. The minimum atomic E-state index is -0.827. The van der Waals surface area contributed by atoms with Crippen LogP contribution in [0.1, 0.15) is 37.3 Å². The van der Waals surface area contributed by atoms with Crippen molar-refractivity contribution in [3.8, 4) is 6.07 Å². The number of halogens is 1. The zero-order valence-electron chi connectivity index (χ0n) is 16.7. The Bertz CT molecular complexity index is 997. The zero-order chi connectivity index (χ0) is 21.7. The number of amides is 3. The van der Waals surface area contributed by atoms with Gasteiger partial charge in [-0.25, -0.2) is 4.90 Å². The van der Waals surface area contributed by atoms with E-state index in [4.69, 9.17) is 16.9 Å². The number of benzene rings is 2. The molecule has 1 aliphatic rings. The van der Waals surface area contributed by atoms with Crippen LogP contribution >= 0.6 is 11.6 Å². The molecule has 1 fully saturated rings. The van der Waals surface area contributed by atoms with E-state index in [1.165, 1.54) is 4.90 Å². The number of carbonyl (C=O) groups is 3. The molecule has 0 saturated carbocycles. The first kappa shape index (κ1) is 21.5. The van der Waals surface area contributed by atoms with Crippen molar-refractivity contribution < 1.29 is 14.4 Å². The molecule has 30 heavy (non-hydrogen) atoms. The van der Waals surface area contributed by atoms with Gasteiger partial charge in [0.15, 0.2) is 0 Å². The molecule has 0 aromatic heterocycles. The van der Waals surface area contributed by atoms with Gasteiger partial charge < -0.3 is 4.90 Å². The summed E-state index contributed by atoms with van der Waals surface area (Å²) < 4.78 is 0. The number of hydrogen-bond acceptors (Lipinski definition) is 4. The molecule has 0 N–H and O–H groups in total. The van der Waals surface area contributed by atoms with Crippen molar-refractivity contribution >= 4 is 35.0 Å². The van der Waals surface area contributed by atoms with Gasteiger partial charge >= 0.3 is 0 Å². The Morgan fingerprint density at radius 3 is 2.60 bits per heavy atom. The second kappa shape index (κ2) is 9.55. The lowest BCUT2D eigenvalue weighted by Crippen LogP contribution is -2.46. The number of hydrogen-bond donors (Lipinski definition) is 0. The third-order valence-corrected chi connectivity index (χ3v) is 5.30. The van der Waals surface area contributed by atoms with E-state index in [1.54, 1.807) is 30.3 Å². The number of carbonyl (C=O) groups excluding carboxylic acids is 3. The Balaban J connectivity index is 1.82. The predicted octanol–water partition coefficient (Wildman–Crippen LogP) is 3.71. The molecule has 3 amide bonds. The van der Waals surface area contributed by atoms with Crippen molar-refractivity contribution in [3.05, 3.63) is 64.7 Å². The molecule has 7 heteroatoms. The highest BCUT2D eigenvalue weighted by Crippen LogP contribution is 2.27. The van der Waals surface area contributed by atoms with Crippen molar-refractivity contribution in [2.45, 2.75) is 38.6 Å². The maximum Gasteiger partial charge on any atom is 0.257 e. The Labute approximate surface area is 180 Å². The number of rotatable bonds is 7. The van der Waals surface area contributed by atoms with Gasteiger partial charge in [-0.05, 0) is 54.8 Å². The molecule has 2 aromatic carbocycles. The summed E-state index contributed by atoms with van der Waals surface area (Å²) in [5.74, 6) is -0.917. The molecule has 3 rings (SSSR count). The van der Waals surface area contributed by atoms with Crippen LogP contribution in [0, 0.1) is 11.3 Å². The van der Waals surface area contributed by atoms with E-state index in [9.17, 15) is 14.4 Å². The summed E-state index contributed by atoms with van der Waals surface area (Å²) in [6.45, 7) is 2.22. The molecule has 1 atom stereocenters. The zero-order valence-corrected chi connectivity index (χ0v) is 17.4. The molecular formula is C23H22ClN3O3. The Morgan fingerprint density at radius 2 is 1.97 bits per heavy atom. The van der Waals surface area contributed by atoms with Crippen LogP contribution in [-0.4, -0.2) is 35.2 Å². The van der Waals surface area contributed by atoms with Crippen LogP contribution in [0.15, 0.2) is 48.5 Å². The Morgan fingerprint density at radius 1 is 1.23 bits per heavy atom. The molecule has 2 aromatic rings. The van der Waals surface area contributed by atoms with E-state index >= 15 is 0 Å². The minimum absolute atomic E-state index is 0.0518. The average molecular weight is 424 g/mol. The van der Waals surface area contributed by atoms with Crippen LogP contribution in [0.5, 0.6) is 0 Å². The summed E-state index contributed by atoms with van der Waals surface area (Å²) in [5.41, 5.74) is 1.80. The fourth-order valence-corrected chi connectivity index (χ4v) is 3.78. The van der Waals surface area contributed by atoms with E-state index in [0.717, 1.165) is 10.5 Å². The summed E-state index contributed by atoms with van der Waals surface area (Å²) in [6, 6.07) is 14.8. The van der Waals surface area contributed by atoms with Crippen molar-refractivity contribution in [1.82, 2.24) is 4.90 Å². The molecule has 0 bridgehead atoms. The summed E-state index contributed by atoms with van der Waals surface area (Å²) >= 11 is 6.04. The van der Waals surface area contributed by atoms with Crippen molar-refractivity contribution in [3.63, 3.8) is 0 Å². The van der Waals surface area contributed by atoms with Crippen molar-refractivity contribution in [2.75, 3.05) is 11.4 Å². The molecule has 154 valence electrons. The predicted molar refractivity (Wildman–Crippen MR) is 114 cm³/mol. The first-order valence-corrected chi connectivity index (χ1v) is 10.2. The molecule has 0 spiro atoms. The lowest BCUT2D eigenvalue weighted by atomic mass is 10.1. The van der Waals surface area contributed by atoms with Crippen molar-refractivity contribution in [2.24, 2.45) is 0 Å². The second-order valence-electron chi connectivity index (χ2n) is 7.16. The van der Waals surface area contributed by atoms with E-state index in [1.807, 2.05) is 31.2 Å². The van der Waals surface area contributed by atoms with Gasteiger partial charge in [0, 0.05) is 18.0 Å². The van der Waals surface area contributed by atoms with Gasteiger partial charge in [-0.1, -0.05) is 30.7 Å². The summed E-state index contributed by atoms with van der Waals surface area (Å²) in [7, 11) is 0. The quantitative estimate of drug-likeness (QED) is 0.635. The lowest BCUT2D eigenvalue weighted by molar-refractivity contribution is -0.138. The number of nitrogens with zero attached hydrogens (tertiary/aromatic N) is 3. The van der Waals surface area contributed by atoms with E-state index < -0.39 is 11.9 Å². The van der Waals surface area contributed by atoms with Gasteiger partial charge in [0.05, 0.1) is 23.7 Å². The fraction of sp³-hybridized carbons (Fsp3) is 0.304. The minimum Gasteiger partial charge on any atom is -0.330 e. The van der Waals surface area contributed by atoms with E-state index in [2.05, 4.69) is 0 Å². The van der Waals surface area contributed by atoms with Crippen LogP contribution in [0.25, 0.3) is 0 Å². The average Bonchev–Trinajstić information content (AvgIpc) is 3.02. The summed E-state index contributed by atoms with van der Waals surface area (Å²) in [4.78, 5) is 41.2. The van der Waals surface area contributed by atoms with Gasteiger partial charge in [0.2, 0.25) is 11.8 Å². The normalized spacial score (nSPS) is 15.9. The monoisotopic (exact) mass is 423 g/mol. The van der Waals surface area contributed by atoms with Gasteiger partial charge in [-0.2, -0.15) is 5.26 Å². The SMILES string of the molecule is CCCC(=O)N(CCc1cccc(Cl)c1)C1CC(=O)N(c2ccc(C#N)cc2)C1=O. The highest BCUT2D eigenvalue weighted by atomic mass is 35.5. The van der Waals surface area contributed by atoms with Crippen LogP contribution in [-0.2, 0) is 20.8 Å². The molecular weight excluding hydrogens is 402 g/mol. The largest absolute Gasteiger partial charge is 0.330 e. The molecule has 1 heterocycles. The first-order valence-electron chi connectivity index (χ1n) is 9.85. The number of nitriles is 1. The molecule has 0 aliphatic carbocycles. The van der Waals surface area contributed by atoms with Gasteiger partial charge in [-0.15, -0.1) is 0 Å². The third-order valence-electron chi connectivity index (χ3n) is 5.07. The maximum atomic E-state index is 13.1. The lowest BCUT2D eigenvalue weighted by Gasteiger charge is -2.28. The number of imide groups is 1. The smallest absolute Gasteiger partial charge is 0.257 e. The molecule has 1 saturated heterocycles. The van der Waals surface area contributed by atoms with Crippen LogP contribution in [0.3, 0.4) is 0 Å².